The lowest BCUT2D eigenvalue weighted by atomic mass is 10.0. The van der Waals surface area contributed by atoms with Crippen molar-refractivity contribution in [1.82, 2.24) is 24.9 Å². The Labute approximate surface area is 152 Å². The van der Waals surface area contributed by atoms with Crippen LogP contribution in [0.5, 0.6) is 0 Å². The highest BCUT2D eigenvalue weighted by Gasteiger charge is 2.28. The van der Waals surface area contributed by atoms with Crippen molar-refractivity contribution >= 4 is 16.7 Å². The number of aromatic amines is 1. The molecule has 4 rings (SSSR count). The van der Waals surface area contributed by atoms with Crippen LogP contribution in [0.1, 0.15) is 29.0 Å². The summed E-state index contributed by atoms with van der Waals surface area (Å²) in [5.41, 5.74) is 1.78. The number of H-pyrrole nitrogens is 1. The molecule has 7 nitrogen and oxygen atoms in total. The molecule has 2 aromatic heterocycles. The minimum absolute atomic E-state index is 0.135. The topological polar surface area (TPSA) is 78.3 Å². The Bertz CT molecular complexity index is 907. The molecule has 0 unspecified atom stereocenters. The number of nitrogens with zero attached hydrogens (tertiary/aromatic N) is 4. The summed E-state index contributed by atoms with van der Waals surface area (Å²) in [6.45, 7) is 7.97. The standard InChI is InChI=1S/C19H23N5O2/c1-13(19(25)16-11-20-17-6-4-3-5-15(16)17)24-9-7-23(8-10-24)12-18-21-14(2)26-22-18/h3-6,11,13,20H,7-10,12H2,1-2H3/t13-/m0/s1. The first-order chi connectivity index (χ1) is 12.6. The number of benzene rings is 1. The van der Waals surface area contributed by atoms with E-state index in [0.717, 1.165) is 48.5 Å². The van der Waals surface area contributed by atoms with Gasteiger partial charge in [0.2, 0.25) is 5.89 Å². The molecule has 1 fully saturated rings. The van der Waals surface area contributed by atoms with Gasteiger partial charge in [-0.25, -0.2) is 0 Å². The van der Waals surface area contributed by atoms with Crippen LogP contribution in [0.3, 0.4) is 0 Å². The SMILES string of the molecule is Cc1nc(CN2CCN([C@@H](C)C(=O)c3c[nH]c4ccccc34)CC2)no1. The van der Waals surface area contributed by atoms with E-state index in [1.807, 2.05) is 37.4 Å². The van der Waals surface area contributed by atoms with Crippen molar-refractivity contribution in [2.75, 3.05) is 26.2 Å². The van der Waals surface area contributed by atoms with Crippen molar-refractivity contribution in [2.45, 2.75) is 26.4 Å². The fraction of sp³-hybridized carbons (Fsp3) is 0.421. The van der Waals surface area contributed by atoms with Crippen LogP contribution in [0, 0.1) is 6.92 Å². The van der Waals surface area contributed by atoms with Gasteiger partial charge in [-0.2, -0.15) is 4.98 Å². The molecule has 0 radical (unpaired) electrons. The summed E-state index contributed by atoms with van der Waals surface area (Å²) in [5.74, 6) is 1.49. The number of hydrogen-bond acceptors (Lipinski definition) is 6. The van der Waals surface area contributed by atoms with Gasteiger partial charge in [-0.3, -0.25) is 14.6 Å². The number of hydrogen-bond donors (Lipinski definition) is 1. The smallest absolute Gasteiger partial charge is 0.223 e. The number of para-hydroxylation sites is 1. The molecular weight excluding hydrogens is 330 g/mol. The van der Waals surface area contributed by atoms with E-state index >= 15 is 0 Å². The first-order valence-corrected chi connectivity index (χ1v) is 8.98. The van der Waals surface area contributed by atoms with E-state index in [9.17, 15) is 4.79 Å². The van der Waals surface area contributed by atoms with Crippen LogP contribution < -0.4 is 0 Å². The Balaban J connectivity index is 1.38. The molecule has 1 aliphatic heterocycles. The molecule has 0 aliphatic carbocycles. The third kappa shape index (κ3) is 3.27. The summed E-state index contributed by atoms with van der Waals surface area (Å²) in [4.78, 5) is 25.0. The summed E-state index contributed by atoms with van der Waals surface area (Å²) in [6.07, 6.45) is 1.83. The Morgan fingerprint density at radius 2 is 2.04 bits per heavy atom. The van der Waals surface area contributed by atoms with Crippen molar-refractivity contribution in [3.8, 4) is 0 Å². The molecule has 0 saturated carbocycles. The molecule has 3 aromatic rings. The fourth-order valence-corrected chi connectivity index (χ4v) is 3.58. The van der Waals surface area contributed by atoms with Crippen molar-refractivity contribution in [1.29, 1.82) is 0 Å². The summed E-state index contributed by atoms with van der Waals surface area (Å²) < 4.78 is 5.03. The van der Waals surface area contributed by atoms with Gasteiger partial charge < -0.3 is 9.51 Å². The molecule has 1 saturated heterocycles. The molecule has 3 heterocycles. The molecule has 0 bridgehead atoms. The zero-order chi connectivity index (χ0) is 18.1. The molecule has 1 N–H and O–H groups in total. The Hall–Kier alpha value is -2.51. The van der Waals surface area contributed by atoms with E-state index in [1.165, 1.54) is 0 Å². The Morgan fingerprint density at radius 1 is 1.27 bits per heavy atom. The summed E-state index contributed by atoms with van der Waals surface area (Å²) in [7, 11) is 0. The average molecular weight is 353 g/mol. The zero-order valence-electron chi connectivity index (χ0n) is 15.1. The summed E-state index contributed by atoms with van der Waals surface area (Å²) >= 11 is 0. The third-order valence-electron chi connectivity index (χ3n) is 5.12. The summed E-state index contributed by atoms with van der Waals surface area (Å²) in [5, 5.41) is 4.95. The fourth-order valence-electron chi connectivity index (χ4n) is 3.58. The molecular formula is C19H23N5O2. The molecule has 0 amide bonds. The van der Waals surface area contributed by atoms with Gasteiger partial charge in [-0.15, -0.1) is 0 Å². The maximum Gasteiger partial charge on any atom is 0.223 e. The summed E-state index contributed by atoms with van der Waals surface area (Å²) in [6, 6.07) is 7.80. The lowest BCUT2D eigenvalue weighted by Gasteiger charge is -2.36. The number of carbonyl (C=O) groups excluding carboxylic acids is 1. The number of aromatic nitrogens is 3. The number of rotatable bonds is 5. The number of Topliss-reactive ketones (excluding diaryl/α,β-unsaturated/α-hetero) is 1. The van der Waals surface area contributed by atoms with E-state index in [2.05, 4.69) is 24.9 Å². The van der Waals surface area contributed by atoms with Gasteiger partial charge in [0.1, 0.15) is 0 Å². The van der Waals surface area contributed by atoms with Crippen LogP contribution >= 0.6 is 0 Å². The highest BCUT2D eigenvalue weighted by atomic mass is 16.5. The second-order valence-electron chi connectivity index (χ2n) is 6.83. The van der Waals surface area contributed by atoms with Crippen molar-refractivity contribution in [3.05, 3.63) is 47.7 Å². The van der Waals surface area contributed by atoms with Crippen LogP contribution in [0.4, 0.5) is 0 Å². The minimum atomic E-state index is -0.135. The van der Waals surface area contributed by atoms with Gasteiger partial charge in [0.05, 0.1) is 12.6 Å². The predicted octanol–water partition coefficient (Wildman–Crippen LogP) is 2.25. The molecule has 26 heavy (non-hydrogen) atoms. The normalized spacial score (nSPS) is 17.6. The minimum Gasteiger partial charge on any atom is -0.360 e. The molecule has 1 aliphatic rings. The number of nitrogens with one attached hydrogen (secondary N) is 1. The van der Waals surface area contributed by atoms with Gasteiger partial charge in [0, 0.05) is 55.8 Å². The van der Waals surface area contributed by atoms with E-state index in [0.29, 0.717) is 12.4 Å². The van der Waals surface area contributed by atoms with E-state index in [4.69, 9.17) is 4.52 Å². The zero-order valence-corrected chi connectivity index (χ0v) is 15.1. The van der Waals surface area contributed by atoms with Gasteiger partial charge in [0.15, 0.2) is 11.6 Å². The van der Waals surface area contributed by atoms with Gasteiger partial charge in [-0.1, -0.05) is 23.4 Å². The molecule has 1 aromatic carbocycles. The molecule has 7 heteroatoms. The lowest BCUT2D eigenvalue weighted by Crippen LogP contribution is -2.51. The number of aryl methyl sites for hydroxylation is 1. The highest BCUT2D eigenvalue weighted by molar-refractivity contribution is 6.10. The second-order valence-corrected chi connectivity index (χ2v) is 6.83. The number of piperazine rings is 1. The van der Waals surface area contributed by atoms with E-state index in [1.54, 1.807) is 6.92 Å². The van der Waals surface area contributed by atoms with Gasteiger partial charge >= 0.3 is 0 Å². The number of ketones is 1. The van der Waals surface area contributed by atoms with Crippen molar-refractivity contribution in [3.63, 3.8) is 0 Å². The van der Waals surface area contributed by atoms with Gasteiger partial charge in [-0.05, 0) is 13.0 Å². The Morgan fingerprint density at radius 3 is 2.77 bits per heavy atom. The van der Waals surface area contributed by atoms with Crippen LogP contribution in [0.15, 0.2) is 35.0 Å². The van der Waals surface area contributed by atoms with E-state index < -0.39 is 0 Å². The van der Waals surface area contributed by atoms with Crippen molar-refractivity contribution < 1.29 is 9.32 Å². The van der Waals surface area contributed by atoms with Crippen LogP contribution in [-0.2, 0) is 6.54 Å². The highest BCUT2D eigenvalue weighted by Crippen LogP contribution is 2.21. The van der Waals surface area contributed by atoms with Gasteiger partial charge in [0.25, 0.3) is 0 Å². The number of fused-ring (bicyclic) bond motifs is 1. The molecule has 0 spiro atoms. The van der Waals surface area contributed by atoms with Crippen molar-refractivity contribution in [2.24, 2.45) is 0 Å². The first-order valence-electron chi connectivity index (χ1n) is 8.98. The lowest BCUT2D eigenvalue weighted by molar-refractivity contribution is 0.0682. The number of carbonyl (C=O) groups is 1. The second kappa shape index (κ2) is 7.01. The van der Waals surface area contributed by atoms with Crippen LogP contribution in [0.2, 0.25) is 0 Å². The predicted molar refractivity (Wildman–Crippen MR) is 98.0 cm³/mol. The maximum atomic E-state index is 13.0. The third-order valence-corrected chi connectivity index (χ3v) is 5.12. The van der Waals surface area contributed by atoms with E-state index in [-0.39, 0.29) is 11.8 Å². The molecule has 1 atom stereocenters. The molecule has 136 valence electrons. The maximum absolute atomic E-state index is 13.0. The average Bonchev–Trinajstić information content (AvgIpc) is 3.27. The monoisotopic (exact) mass is 353 g/mol. The van der Waals surface area contributed by atoms with Crippen LogP contribution in [0.25, 0.3) is 10.9 Å². The first kappa shape index (κ1) is 16.9. The Kier molecular flexibility index (Phi) is 4.57. The van der Waals surface area contributed by atoms with Crippen LogP contribution in [-0.4, -0.2) is 62.9 Å². The largest absolute Gasteiger partial charge is 0.360 e. The quantitative estimate of drug-likeness (QED) is 0.709.